The van der Waals surface area contributed by atoms with Gasteiger partial charge in [-0.2, -0.15) is 4.31 Å². The molecule has 24 heavy (non-hydrogen) atoms. The van der Waals surface area contributed by atoms with Crippen LogP contribution in [0.15, 0.2) is 53.4 Å². The van der Waals surface area contributed by atoms with Gasteiger partial charge in [0, 0.05) is 24.3 Å². The van der Waals surface area contributed by atoms with Gasteiger partial charge in [-0.05, 0) is 54.6 Å². The number of rotatable bonds is 2. The fourth-order valence-electron chi connectivity index (χ4n) is 3.36. The summed E-state index contributed by atoms with van der Waals surface area (Å²) in [4.78, 5) is 0.384. The summed E-state index contributed by atoms with van der Waals surface area (Å²) in [5, 5.41) is 1.16. The van der Waals surface area contributed by atoms with Crippen molar-refractivity contribution in [3.8, 4) is 0 Å². The number of nitrogens with zero attached hydrogens (tertiary/aromatic N) is 2. The van der Waals surface area contributed by atoms with Crippen LogP contribution in [0.2, 0.25) is 0 Å². The number of aromatic nitrogens is 1. The molecule has 2 heterocycles. The maximum atomic E-state index is 13.0. The molecule has 1 aromatic heterocycles. The lowest BCUT2D eigenvalue weighted by Crippen LogP contribution is -2.38. The monoisotopic (exact) mass is 340 g/mol. The first-order valence-corrected chi connectivity index (χ1v) is 9.55. The van der Waals surface area contributed by atoms with Crippen LogP contribution in [0.4, 0.5) is 0 Å². The molecule has 3 aromatic rings. The third kappa shape index (κ3) is 2.36. The second-order valence-corrected chi connectivity index (χ2v) is 8.37. The van der Waals surface area contributed by atoms with Gasteiger partial charge >= 0.3 is 0 Å². The van der Waals surface area contributed by atoms with Crippen molar-refractivity contribution < 1.29 is 8.42 Å². The SMILES string of the molecule is Cc1ccc(S(=O)(=O)N2CCn3c(cc4ccccc43)C2)cc1C. The molecule has 0 atom stereocenters. The molecule has 1 aliphatic heterocycles. The first-order chi connectivity index (χ1) is 11.5. The molecule has 0 spiro atoms. The van der Waals surface area contributed by atoms with Gasteiger partial charge in [-0.15, -0.1) is 0 Å². The number of fused-ring (bicyclic) bond motifs is 3. The number of hydrogen-bond donors (Lipinski definition) is 0. The number of hydrogen-bond acceptors (Lipinski definition) is 2. The van der Waals surface area contributed by atoms with Crippen LogP contribution in [-0.4, -0.2) is 23.8 Å². The summed E-state index contributed by atoms with van der Waals surface area (Å²) in [6.07, 6.45) is 0. The van der Waals surface area contributed by atoms with Crippen molar-refractivity contribution in [2.24, 2.45) is 0 Å². The lowest BCUT2D eigenvalue weighted by atomic mass is 10.1. The average molecular weight is 340 g/mol. The second kappa shape index (κ2) is 5.46. The molecule has 124 valence electrons. The Morgan fingerprint density at radius 2 is 1.71 bits per heavy atom. The van der Waals surface area contributed by atoms with E-state index in [0.717, 1.165) is 22.2 Å². The Kier molecular flexibility index (Phi) is 3.51. The molecule has 0 saturated heterocycles. The lowest BCUT2D eigenvalue weighted by molar-refractivity contribution is 0.345. The van der Waals surface area contributed by atoms with Crippen molar-refractivity contribution in [3.05, 3.63) is 65.4 Å². The van der Waals surface area contributed by atoms with Gasteiger partial charge in [-0.3, -0.25) is 0 Å². The molecular formula is C19H20N2O2S. The van der Waals surface area contributed by atoms with E-state index in [9.17, 15) is 8.42 Å². The number of para-hydroxylation sites is 1. The van der Waals surface area contributed by atoms with Crippen LogP contribution in [-0.2, 0) is 23.1 Å². The van der Waals surface area contributed by atoms with Crippen molar-refractivity contribution in [2.75, 3.05) is 6.54 Å². The molecule has 2 aromatic carbocycles. The van der Waals surface area contributed by atoms with Crippen molar-refractivity contribution in [1.82, 2.24) is 8.87 Å². The smallest absolute Gasteiger partial charge is 0.243 e. The summed E-state index contributed by atoms with van der Waals surface area (Å²) in [5.74, 6) is 0. The molecule has 0 fully saturated rings. The van der Waals surface area contributed by atoms with Crippen LogP contribution in [0.1, 0.15) is 16.8 Å². The van der Waals surface area contributed by atoms with E-state index in [1.165, 1.54) is 5.52 Å². The minimum absolute atomic E-state index is 0.384. The standard InChI is InChI=1S/C19H20N2O2S/c1-14-7-8-18(11-15(14)2)24(22,23)20-9-10-21-17(13-20)12-16-5-3-4-6-19(16)21/h3-8,11-12H,9-10,13H2,1-2H3. The highest BCUT2D eigenvalue weighted by Gasteiger charge is 2.29. The third-order valence-corrected chi connectivity index (χ3v) is 6.77. The van der Waals surface area contributed by atoms with Crippen molar-refractivity contribution >= 4 is 20.9 Å². The molecule has 1 aliphatic rings. The minimum atomic E-state index is -3.46. The maximum Gasteiger partial charge on any atom is 0.243 e. The van der Waals surface area contributed by atoms with E-state index in [4.69, 9.17) is 0 Å². The van der Waals surface area contributed by atoms with Crippen molar-refractivity contribution in [3.63, 3.8) is 0 Å². The quantitative estimate of drug-likeness (QED) is 0.717. The molecule has 5 heteroatoms. The highest BCUT2D eigenvalue weighted by atomic mass is 32.2. The Bertz CT molecular complexity index is 1030. The van der Waals surface area contributed by atoms with Gasteiger partial charge in [0.1, 0.15) is 0 Å². The normalized spacial score (nSPS) is 15.6. The van der Waals surface area contributed by atoms with E-state index in [1.807, 2.05) is 32.0 Å². The molecule has 0 radical (unpaired) electrons. The Balaban J connectivity index is 1.72. The molecule has 0 bridgehead atoms. The predicted octanol–water partition coefficient (Wildman–Crippen LogP) is 3.46. The van der Waals surface area contributed by atoms with Gasteiger partial charge in [0.25, 0.3) is 0 Å². The van der Waals surface area contributed by atoms with E-state index in [0.29, 0.717) is 24.5 Å². The van der Waals surface area contributed by atoms with Crippen molar-refractivity contribution in [2.45, 2.75) is 31.8 Å². The Labute approximate surface area is 142 Å². The first-order valence-electron chi connectivity index (χ1n) is 8.11. The minimum Gasteiger partial charge on any atom is -0.342 e. The number of aryl methyl sites for hydroxylation is 2. The van der Waals surface area contributed by atoms with Crippen LogP contribution in [0.5, 0.6) is 0 Å². The van der Waals surface area contributed by atoms with Gasteiger partial charge in [0.2, 0.25) is 10.0 Å². The number of sulfonamides is 1. The average Bonchev–Trinajstić information content (AvgIpc) is 2.95. The van der Waals surface area contributed by atoms with Crippen molar-refractivity contribution in [1.29, 1.82) is 0 Å². The maximum absolute atomic E-state index is 13.0. The van der Waals surface area contributed by atoms with E-state index in [1.54, 1.807) is 16.4 Å². The van der Waals surface area contributed by atoms with E-state index >= 15 is 0 Å². The van der Waals surface area contributed by atoms with Gasteiger partial charge in [0.05, 0.1) is 11.4 Å². The zero-order valence-electron chi connectivity index (χ0n) is 13.9. The summed E-state index contributed by atoms with van der Waals surface area (Å²) in [6, 6.07) is 15.7. The Morgan fingerprint density at radius 1 is 0.917 bits per heavy atom. The van der Waals surface area contributed by atoms with Crippen LogP contribution in [0, 0.1) is 13.8 Å². The van der Waals surface area contributed by atoms with E-state index in [-0.39, 0.29) is 0 Å². The fraction of sp³-hybridized carbons (Fsp3) is 0.263. The third-order valence-electron chi connectivity index (χ3n) is 4.92. The summed E-state index contributed by atoms with van der Waals surface area (Å²) < 4.78 is 29.8. The van der Waals surface area contributed by atoms with Crippen LogP contribution < -0.4 is 0 Å². The largest absolute Gasteiger partial charge is 0.342 e. The zero-order chi connectivity index (χ0) is 16.9. The molecular weight excluding hydrogens is 320 g/mol. The zero-order valence-corrected chi connectivity index (χ0v) is 14.7. The molecule has 0 unspecified atom stereocenters. The first kappa shape index (κ1) is 15.4. The molecule has 0 aliphatic carbocycles. The highest BCUT2D eigenvalue weighted by Crippen LogP contribution is 2.27. The lowest BCUT2D eigenvalue weighted by Gasteiger charge is -2.28. The van der Waals surface area contributed by atoms with Crippen LogP contribution in [0.3, 0.4) is 0 Å². The predicted molar refractivity (Wildman–Crippen MR) is 95.4 cm³/mol. The van der Waals surface area contributed by atoms with E-state index in [2.05, 4.69) is 22.8 Å². The van der Waals surface area contributed by atoms with Gasteiger partial charge in [-0.25, -0.2) is 8.42 Å². The Morgan fingerprint density at radius 3 is 2.50 bits per heavy atom. The summed E-state index contributed by atoms with van der Waals surface area (Å²) >= 11 is 0. The van der Waals surface area contributed by atoms with Crippen LogP contribution >= 0.6 is 0 Å². The van der Waals surface area contributed by atoms with E-state index < -0.39 is 10.0 Å². The topological polar surface area (TPSA) is 42.3 Å². The summed E-state index contributed by atoms with van der Waals surface area (Å²) in [6.45, 7) is 5.55. The van der Waals surface area contributed by atoms with Gasteiger partial charge < -0.3 is 4.57 Å². The summed E-state index contributed by atoms with van der Waals surface area (Å²) in [5.41, 5.74) is 4.33. The molecule has 0 N–H and O–H groups in total. The number of benzene rings is 2. The summed E-state index contributed by atoms with van der Waals surface area (Å²) in [7, 11) is -3.46. The highest BCUT2D eigenvalue weighted by molar-refractivity contribution is 7.89. The fourth-order valence-corrected chi connectivity index (χ4v) is 4.85. The molecule has 4 nitrogen and oxygen atoms in total. The molecule has 0 amide bonds. The van der Waals surface area contributed by atoms with Gasteiger partial charge in [-0.1, -0.05) is 24.3 Å². The van der Waals surface area contributed by atoms with Gasteiger partial charge in [0.15, 0.2) is 0 Å². The second-order valence-electron chi connectivity index (χ2n) is 6.43. The Hall–Kier alpha value is -2.11. The molecule has 0 saturated carbocycles. The van der Waals surface area contributed by atoms with Crippen LogP contribution in [0.25, 0.3) is 10.9 Å². The molecule has 4 rings (SSSR count).